The van der Waals surface area contributed by atoms with Crippen LogP contribution in [0.5, 0.6) is 0 Å². The number of ether oxygens (including phenoxy) is 1. The number of rotatable bonds is 5. The Balaban J connectivity index is 1.59. The van der Waals surface area contributed by atoms with E-state index in [9.17, 15) is 0 Å². The number of hydrogen-bond acceptors (Lipinski definition) is 1. The van der Waals surface area contributed by atoms with Gasteiger partial charge in [-0.1, -0.05) is 42.5 Å². The highest BCUT2D eigenvalue weighted by Crippen LogP contribution is 2.24. The average Bonchev–Trinajstić information content (AvgIpc) is 2.54. The number of alkyl halides is 1. The Morgan fingerprint density at radius 1 is 1.10 bits per heavy atom. The average molecular weight is 303 g/mol. The maximum atomic E-state index is 6.58. The van der Waals surface area contributed by atoms with Crippen molar-refractivity contribution in [1.82, 2.24) is 0 Å². The van der Waals surface area contributed by atoms with Gasteiger partial charge in [0.1, 0.15) is 0 Å². The monoisotopic (exact) mass is 302 g/mol. The fraction of sp³-hybridized carbons (Fsp3) is 0.474. The van der Waals surface area contributed by atoms with Crippen LogP contribution < -0.4 is 0 Å². The van der Waals surface area contributed by atoms with Crippen LogP contribution in [0.15, 0.2) is 42.5 Å². The summed E-state index contributed by atoms with van der Waals surface area (Å²) >= 11 is 6.58. The number of halogens is 1. The lowest BCUT2D eigenvalue weighted by Gasteiger charge is -2.23. The predicted octanol–water partition coefficient (Wildman–Crippen LogP) is 5.34. The minimum absolute atomic E-state index is 0.196. The van der Waals surface area contributed by atoms with Gasteiger partial charge in [0.2, 0.25) is 0 Å². The third kappa shape index (κ3) is 3.99. The van der Waals surface area contributed by atoms with Gasteiger partial charge in [-0.05, 0) is 54.9 Å². The molecule has 0 saturated carbocycles. The molecule has 0 bridgehead atoms. The van der Waals surface area contributed by atoms with Crippen LogP contribution in [0.1, 0.15) is 37.7 Å². The summed E-state index contributed by atoms with van der Waals surface area (Å²) in [6.45, 7) is 0.931. The molecule has 2 atom stereocenters. The first kappa shape index (κ1) is 14.9. The molecule has 1 fully saturated rings. The minimum atomic E-state index is 0.196. The molecule has 2 unspecified atom stereocenters. The first-order valence-corrected chi connectivity index (χ1v) is 8.49. The molecule has 2 aromatic carbocycles. The number of benzene rings is 2. The van der Waals surface area contributed by atoms with Crippen LogP contribution in [-0.2, 0) is 11.2 Å². The zero-order chi connectivity index (χ0) is 14.5. The van der Waals surface area contributed by atoms with Gasteiger partial charge in [-0.2, -0.15) is 0 Å². The molecule has 1 heterocycles. The number of fused-ring (bicyclic) bond motifs is 1. The van der Waals surface area contributed by atoms with E-state index in [0.29, 0.717) is 6.10 Å². The molecule has 0 aromatic heterocycles. The molecule has 1 aliphatic heterocycles. The highest BCUT2D eigenvalue weighted by atomic mass is 35.5. The Labute approximate surface area is 132 Å². The van der Waals surface area contributed by atoms with E-state index in [1.165, 1.54) is 35.6 Å². The van der Waals surface area contributed by atoms with Crippen molar-refractivity contribution in [3.63, 3.8) is 0 Å². The van der Waals surface area contributed by atoms with E-state index >= 15 is 0 Å². The lowest BCUT2D eigenvalue weighted by molar-refractivity contribution is 0.0100. The molecule has 2 aromatic rings. The van der Waals surface area contributed by atoms with Gasteiger partial charge in [-0.3, -0.25) is 0 Å². The van der Waals surface area contributed by atoms with Gasteiger partial charge < -0.3 is 4.74 Å². The van der Waals surface area contributed by atoms with Crippen LogP contribution in [0.4, 0.5) is 0 Å². The largest absolute Gasteiger partial charge is 0.378 e. The molecule has 1 nitrogen and oxygen atoms in total. The zero-order valence-corrected chi connectivity index (χ0v) is 13.2. The first-order valence-electron chi connectivity index (χ1n) is 8.05. The quantitative estimate of drug-likeness (QED) is 0.677. The van der Waals surface area contributed by atoms with Gasteiger partial charge >= 0.3 is 0 Å². The summed E-state index contributed by atoms with van der Waals surface area (Å²) in [5.41, 5.74) is 1.36. The van der Waals surface area contributed by atoms with Crippen molar-refractivity contribution < 1.29 is 4.74 Å². The third-order valence-corrected chi connectivity index (χ3v) is 4.77. The summed E-state index contributed by atoms with van der Waals surface area (Å²) in [6.07, 6.45) is 7.24. The zero-order valence-electron chi connectivity index (χ0n) is 12.4. The third-order valence-electron chi connectivity index (χ3n) is 4.40. The summed E-state index contributed by atoms with van der Waals surface area (Å²) in [7, 11) is 0. The maximum absolute atomic E-state index is 6.58. The summed E-state index contributed by atoms with van der Waals surface area (Å²) < 4.78 is 5.79. The smallest absolute Gasteiger partial charge is 0.0575 e. The molecule has 0 spiro atoms. The van der Waals surface area contributed by atoms with Crippen LogP contribution in [0.2, 0.25) is 0 Å². The standard InChI is InChI=1S/C19H23ClO/c20-17(11-12-18-9-3-4-13-21-18)14-16-8-5-7-15-6-1-2-10-19(15)16/h1-2,5-8,10,17-18H,3-4,9,11-14H2. The Morgan fingerprint density at radius 3 is 2.81 bits per heavy atom. The maximum Gasteiger partial charge on any atom is 0.0575 e. The molecule has 112 valence electrons. The van der Waals surface area contributed by atoms with Gasteiger partial charge in [0.15, 0.2) is 0 Å². The minimum Gasteiger partial charge on any atom is -0.378 e. The van der Waals surface area contributed by atoms with Crippen LogP contribution in [-0.4, -0.2) is 18.1 Å². The lowest BCUT2D eigenvalue weighted by atomic mass is 9.97. The van der Waals surface area contributed by atoms with E-state index < -0.39 is 0 Å². The second-order valence-electron chi connectivity index (χ2n) is 6.01. The van der Waals surface area contributed by atoms with E-state index in [-0.39, 0.29) is 5.38 Å². The highest BCUT2D eigenvalue weighted by Gasteiger charge is 2.16. The van der Waals surface area contributed by atoms with Gasteiger partial charge in [-0.15, -0.1) is 11.6 Å². The van der Waals surface area contributed by atoms with E-state index in [1.807, 2.05) is 0 Å². The summed E-state index contributed by atoms with van der Waals surface area (Å²) in [5.74, 6) is 0. The van der Waals surface area contributed by atoms with Crippen LogP contribution in [0.3, 0.4) is 0 Å². The van der Waals surface area contributed by atoms with Gasteiger partial charge in [0, 0.05) is 12.0 Å². The van der Waals surface area contributed by atoms with Crippen molar-refractivity contribution >= 4 is 22.4 Å². The molecule has 21 heavy (non-hydrogen) atoms. The van der Waals surface area contributed by atoms with Crippen LogP contribution in [0, 0.1) is 0 Å². The van der Waals surface area contributed by atoms with Crippen LogP contribution in [0.25, 0.3) is 10.8 Å². The summed E-state index contributed by atoms with van der Waals surface area (Å²) in [5, 5.41) is 2.83. The van der Waals surface area contributed by atoms with Gasteiger partial charge in [0.25, 0.3) is 0 Å². The highest BCUT2D eigenvalue weighted by molar-refractivity contribution is 6.20. The molecule has 0 amide bonds. The summed E-state index contributed by atoms with van der Waals surface area (Å²) in [6, 6.07) is 15.0. The number of hydrogen-bond donors (Lipinski definition) is 0. The molecule has 3 rings (SSSR count). The molecule has 0 N–H and O–H groups in total. The Bertz CT molecular complexity index is 569. The predicted molar refractivity (Wildman–Crippen MR) is 90.1 cm³/mol. The second kappa shape index (κ2) is 7.29. The Morgan fingerprint density at radius 2 is 1.95 bits per heavy atom. The van der Waals surface area contributed by atoms with Crippen molar-refractivity contribution in [2.75, 3.05) is 6.61 Å². The van der Waals surface area contributed by atoms with Crippen molar-refractivity contribution in [1.29, 1.82) is 0 Å². The lowest BCUT2D eigenvalue weighted by Crippen LogP contribution is -2.20. The Kier molecular flexibility index (Phi) is 5.16. The molecule has 2 heteroatoms. The molecule has 1 aliphatic rings. The molecule has 0 radical (unpaired) electrons. The van der Waals surface area contributed by atoms with E-state index in [0.717, 1.165) is 25.9 Å². The molecular weight excluding hydrogens is 280 g/mol. The second-order valence-corrected chi connectivity index (χ2v) is 6.62. The normalized spacial score (nSPS) is 20.5. The van der Waals surface area contributed by atoms with E-state index in [2.05, 4.69) is 42.5 Å². The van der Waals surface area contributed by atoms with Crippen molar-refractivity contribution in [3.8, 4) is 0 Å². The van der Waals surface area contributed by atoms with Crippen molar-refractivity contribution in [2.45, 2.75) is 50.0 Å². The van der Waals surface area contributed by atoms with Gasteiger partial charge in [-0.25, -0.2) is 0 Å². The van der Waals surface area contributed by atoms with E-state index in [4.69, 9.17) is 16.3 Å². The Hall–Kier alpha value is -1.05. The fourth-order valence-corrected chi connectivity index (χ4v) is 3.51. The van der Waals surface area contributed by atoms with Crippen molar-refractivity contribution in [2.24, 2.45) is 0 Å². The fourth-order valence-electron chi connectivity index (χ4n) is 3.21. The summed E-state index contributed by atoms with van der Waals surface area (Å²) in [4.78, 5) is 0. The van der Waals surface area contributed by atoms with Crippen molar-refractivity contribution in [3.05, 3.63) is 48.0 Å². The molecule has 0 aliphatic carbocycles. The van der Waals surface area contributed by atoms with E-state index in [1.54, 1.807) is 0 Å². The van der Waals surface area contributed by atoms with Crippen LogP contribution >= 0.6 is 11.6 Å². The SMILES string of the molecule is ClC(CCC1CCCCO1)Cc1cccc2ccccc12. The first-order chi connectivity index (χ1) is 10.3. The molecule has 1 saturated heterocycles. The topological polar surface area (TPSA) is 9.23 Å². The molecular formula is C19H23ClO. The van der Waals surface area contributed by atoms with Gasteiger partial charge in [0.05, 0.1) is 6.10 Å².